The fourth-order valence-electron chi connectivity index (χ4n) is 5.45. The van der Waals surface area contributed by atoms with Gasteiger partial charge in [-0.15, -0.1) is 0 Å². The monoisotopic (exact) mass is 533 g/mol. The van der Waals surface area contributed by atoms with Crippen molar-refractivity contribution in [3.8, 4) is 16.9 Å². The van der Waals surface area contributed by atoms with Crippen LogP contribution in [0.1, 0.15) is 51.8 Å². The summed E-state index contributed by atoms with van der Waals surface area (Å²) in [6, 6.07) is 10.7. The Morgan fingerprint density at radius 2 is 1.79 bits per heavy atom. The van der Waals surface area contributed by atoms with Crippen LogP contribution in [0.5, 0.6) is 5.75 Å². The van der Waals surface area contributed by atoms with E-state index in [0.29, 0.717) is 24.0 Å². The van der Waals surface area contributed by atoms with Gasteiger partial charge < -0.3 is 19.8 Å². The Labute approximate surface area is 223 Å². The molecule has 0 aliphatic carbocycles. The van der Waals surface area contributed by atoms with E-state index in [1.807, 2.05) is 39.9 Å². The van der Waals surface area contributed by atoms with Crippen molar-refractivity contribution in [2.24, 2.45) is 0 Å². The van der Waals surface area contributed by atoms with Crippen LogP contribution in [0.3, 0.4) is 0 Å². The highest BCUT2D eigenvalue weighted by atomic mass is 19.3. The molecule has 2 bridgehead atoms. The van der Waals surface area contributed by atoms with Crippen molar-refractivity contribution in [3.63, 3.8) is 0 Å². The van der Waals surface area contributed by atoms with Crippen molar-refractivity contribution in [3.05, 3.63) is 70.9 Å². The number of aliphatic hydroxyl groups is 2. The highest BCUT2D eigenvalue weighted by Gasteiger charge is 2.38. The van der Waals surface area contributed by atoms with E-state index in [2.05, 4.69) is 9.97 Å². The maximum atomic E-state index is 13.4. The van der Waals surface area contributed by atoms with Crippen molar-refractivity contribution in [1.82, 2.24) is 24.4 Å². The van der Waals surface area contributed by atoms with Gasteiger partial charge in [-0.2, -0.15) is 8.78 Å². The minimum atomic E-state index is -2.97. The van der Waals surface area contributed by atoms with Crippen molar-refractivity contribution in [2.45, 2.75) is 58.0 Å². The molecule has 0 unspecified atom stereocenters. The predicted molar refractivity (Wildman–Crippen MR) is 142 cm³/mol. The topological polar surface area (TPSA) is 96.5 Å². The Hall–Kier alpha value is -3.89. The number of nitrogens with zero attached hydrogens (tertiary/aromatic N) is 5. The van der Waals surface area contributed by atoms with Gasteiger partial charge in [0, 0.05) is 53.3 Å². The fourth-order valence-corrected chi connectivity index (χ4v) is 5.45. The van der Waals surface area contributed by atoms with Crippen LogP contribution in [0.15, 0.2) is 48.8 Å². The van der Waals surface area contributed by atoms with E-state index in [1.54, 1.807) is 52.2 Å². The first kappa shape index (κ1) is 25.4. The maximum Gasteiger partial charge on any atom is 0.387 e. The second-order valence-electron chi connectivity index (χ2n) is 11.2. The number of β-amino-alcohol motifs (C(OH)–C–C–N with tert-alkyl or cyclic N) is 1. The van der Waals surface area contributed by atoms with Crippen molar-refractivity contribution >= 4 is 22.9 Å². The number of aromatic nitrogens is 4. The third-order valence-corrected chi connectivity index (χ3v) is 7.01. The number of halogens is 2. The van der Waals surface area contributed by atoms with Gasteiger partial charge in [-0.1, -0.05) is 18.2 Å². The molecule has 0 saturated carbocycles. The van der Waals surface area contributed by atoms with Gasteiger partial charge in [-0.25, -0.2) is 15.0 Å². The molecule has 0 amide bonds. The number of rotatable bonds is 6. The first-order valence-corrected chi connectivity index (χ1v) is 12.7. The number of ether oxygens (including phenoxy) is 1. The first-order valence-electron chi connectivity index (χ1n) is 12.7. The lowest BCUT2D eigenvalue weighted by Gasteiger charge is -2.31. The second-order valence-corrected chi connectivity index (χ2v) is 11.2. The molecular weight excluding hydrogens is 504 g/mol. The molecule has 0 radical (unpaired) electrons. The van der Waals surface area contributed by atoms with Gasteiger partial charge in [0.25, 0.3) is 0 Å². The van der Waals surface area contributed by atoms with Crippen LogP contribution >= 0.6 is 0 Å². The molecule has 2 aromatic carbocycles. The van der Waals surface area contributed by atoms with E-state index in [-0.39, 0.29) is 11.8 Å². The van der Waals surface area contributed by atoms with Gasteiger partial charge in [0.2, 0.25) is 0 Å². The molecule has 0 saturated heterocycles. The van der Waals surface area contributed by atoms with Crippen LogP contribution in [0, 0.1) is 0 Å². The van der Waals surface area contributed by atoms with Gasteiger partial charge in [0.15, 0.2) is 5.82 Å². The van der Waals surface area contributed by atoms with Crippen molar-refractivity contribution in [1.29, 1.82) is 0 Å². The Morgan fingerprint density at radius 1 is 1.05 bits per heavy atom. The van der Waals surface area contributed by atoms with E-state index in [0.717, 1.165) is 38.9 Å². The van der Waals surface area contributed by atoms with Crippen LogP contribution < -0.4 is 15.2 Å². The summed E-state index contributed by atoms with van der Waals surface area (Å²) in [4.78, 5) is 15.7. The highest BCUT2D eigenvalue weighted by Crippen LogP contribution is 2.41. The van der Waals surface area contributed by atoms with E-state index < -0.39 is 17.8 Å². The Morgan fingerprint density at radius 3 is 2.46 bits per heavy atom. The Bertz CT molecular complexity index is 1700. The third-order valence-electron chi connectivity index (χ3n) is 7.01. The Kier molecular flexibility index (Phi) is 5.74. The average molecular weight is 534 g/mol. The quantitative estimate of drug-likeness (QED) is 0.393. The summed E-state index contributed by atoms with van der Waals surface area (Å²) in [5.41, 5.74) is 1.84. The number of hydrogen-bond acceptors (Lipinski definition) is 7. The number of imidazole rings is 1. The first-order chi connectivity index (χ1) is 18.4. The maximum absolute atomic E-state index is 13.4. The van der Waals surface area contributed by atoms with Crippen LogP contribution in [0.25, 0.3) is 34.1 Å². The van der Waals surface area contributed by atoms with Gasteiger partial charge in [0.05, 0.1) is 22.7 Å². The normalized spacial score (nSPS) is 16.8. The Balaban J connectivity index is 1.59. The predicted octanol–water partition coefficient (Wildman–Crippen LogP) is 3.25. The SMILES string of the molecule is CC(C)(O)CN1C=c2cccc(OC(F)F)c2=C2C[C@@H]1c1nc3ccc(-c4cnc(C(C)(C)O)nc4)cc3n12. The lowest BCUT2D eigenvalue weighted by molar-refractivity contribution is -0.0505. The molecule has 0 fully saturated rings. The molecule has 4 heterocycles. The summed E-state index contributed by atoms with van der Waals surface area (Å²) >= 11 is 0. The van der Waals surface area contributed by atoms with Crippen LogP contribution in [-0.2, 0) is 5.60 Å². The van der Waals surface area contributed by atoms with Gasteiger partial charge in [-0.3, -0.25) is 4.57 Å². The third kappa shape index (κ3) is 4.53. The van der Waals surface area contributed by atoms with Crippen LogP contribution in [0.2, 0.25) is 0 Å². The van der Waals surface area contributed by atoms with E-state index in [4.69, 9.17) is 9.72 Å². The molecule has 2 aliphatic rings. The molecule has 2 aromatic heterocycles. The minimum Gasteiger partial charge on any atom is -0.434 e. The fraction of sp³-hybridized carbons (Fsp3) is 0.345. The minimum absolute atomic E-state index is 0.0964. The molecule has 6 rings (SSSR count). The molecule has 202 valence electrons. The summed E-state index contributed by atoms with van der Waals surface area (Å²) in [5.74, 6) is 1.19. The standard InChI is InChI=1S/C29H29F2N5O3/c1-28(2,37)15-35-14-17-6-5-7-23(39-27(30)31)24(17)21-11-22(35)25-34-19-9-8-16(10-20(19)36(21)25)18-12-32-26(33-13-18)29(3,4)38/h5-10,12-14,22,27,37-38H,11,15H2,1-4H3/t22-/m1/s1. The molecule has 2 N–H and O–H groups in total. The highest BCUT2D eigenvalue weighted by molar-refractivity contribution is 5.86. The lowest BCUT2D eigenvalue weighted by atomic mass is 10.1. The molecular formula is C29H29F2N5O3. The van der Waals surface area contributed by atoms with Gasteiger partial charge in [-0.05, 0) is 51.5 Å². The molecule has 39 heavy (non-hydrogen) atoms. The summed E-state index contributed by atoms with van der Waals surface area (Å²) in [7, 11) is 0. The lowest BCUT2D eigenvalue weighted by Crippen LogP contribution is -2.39. The smallest absolute Gasteiger partial charge is 0.387 e. The van der Waals surface area contributed by atoms with Gasteiger partial charge >= 0.3 is 6.61 Å². The zero-order valence-electron chi connectivity index (χ0n) is 22.1. The summed E-state index contributed by atoms with van der Waals surface area (Å²) in [6.45, 7) is 4.09. The van der Waals surface area contributed by atoms with Crippen LogP contribution in [-0.4, -0.2) is 53.4 Å². The number of benzene rings is 2. The molecule has 8 nitrogen and oxygen atoms in total. The van der Waals surface area contributed by atoms with Crippen molar-refractivity contribution < 1.29 is 23.7 Å². The molecule has 4 aromatic rings. The summed E-state index contributed by atoms with van der Waals surface area (Å²) < 4.78 is 33.9. The average Bonchev–Trinajstić information content (AvgIpc) is 3.34. The molecule has 2 aliphatic heterocycles. The van der Waals surface area contributed by atoms with Crippen LogP contribution in [0.4, 0.5) is 8.78 Å². The molecule has 0 spiro atoms. The van der Waals surface area contributed by atoms with Gasteiger partial charge in [0.1, 0.15) is 17.2 Å². The number of hydrogen-bond donors (Lipinski definition) is 2. The van der Waals surface area contributed by atoms with E-state index in [1.165, 1.54) is 0 Å². The second kappa shape index (κ2) is 8.82. The summed E-state index contributed by atoms with van der Waals surface area (Å²) in [5, 5.41) is 22.2. The number of fused-ring (bicyclic) bond motifs is 8. The zero-order chi connectivity index (χ0) is 27.7. The van der Waals surface area contributed by atoms with Crippen molar-refractivity contribution in [2.75, 3.05) is 6.54 Å². The van der Waals surface area contributed by atoms with E-state index in [9.17, 15) is 19.0 Å². The molecule has 10 heteroatoms. The largest absolute Gasteiger partial charge is 0.434 e. The zero-order valence-corrected chi connectivity index (χ0v) is 22.1. The van der Waals surface area contributed by atoms with E-state index >= 15 is 0 Å². The molecule has 1 atom stereocenters. The number of alkyl halides is 2. The summed E-state index contributed by atoms with van der Waals surface area (Å²) in [6.07, 6.45) is 5.75.